The van der Waals surface area contributed by atoms with Gasteiger partial charge in [0.1, 0.15) is 18.1 Å². The largest absolute Gasteiger partial charge is 0.491 e. The molecule has 2 aromatic rings. The minimum absolute atomic E-state index is 0.0561. The number of ether oxygens (including phenoxy) is 1. The number of aromatic nitrogens is 1. The van der Waals surface area contributed by atoms with Crippen molar-refractivity contribution in [3.05, 3.63) is 58.9 Å². The SMILES string of the molecule is CNC(=O)c1cc(C(=O)NC2CC2)cc(Cc2cccc(OCCO)c2)n1. The van der Waals surface area contributed by atoms with E-state index in [0.717, 1.165) is 18.4 Å². The molecule has 7 nitrogen and oxygen atoms in total. The van der Waals surface area contributed by atoms with E-state index in [1.165, 1.54) is 13.1 Å². The summed E-state index contributed by atoms with van der Waals surface area (Å²) < 4.78 is 5.43. The van der Waals surface area contributed by atoms with Gasteiger partial charge in [0.05, 0.1) is 6.61 Å². The van der Waals surface area contributed by atoms with Crippen LogP contribution in [0.3, 0.4) is 0 Å². The summed E-state index contributed by atoms with van der Waals surface area (Å²) in [6.45, 7) is 0.165. The lowest BCUT2D eigenvalue weighted by molar-refractivity contribution is 0.0951. The molecule has 27 heavy (non-hydrogen) atoms. The fraction of sp³-hybridized carbons (Fsp3) is 0.350. The van der Waals surface area contributed by atoms with Crippen LogP contribution in [0.1, 0.15) is 44.9 Å². The summed E-state index contributed by atoms with van der Waals surface area (Å²) in [5.74, 6) is 0.124. The number of aliphatic hydroxyl groups is 1. The third-order valence-corrected chi connectivity index (χ3v) is 4.16. The molecule has 2 amide bonds. The van der Waals surface area contributed by atoms with Crippen molar-refractivity contribution in [3.8, 4) is 5.75 Å². The molecule has 1 aromatic heterocycles. The first-order valence-electron chi connectivity index (χ1n) is 8.95. The van der Waals surface area contributed by atoms with Gasteiger partial charge >= 0.3 is 0 Å². The molecular formula is C20H23N3O4. The second kappa shape index (κ2) is 8.64. The summed E-state index contributed by atoms with van der Waals surface area (Å²) in [5.41, 5.74) is 2.19. The summed E-state index contributed by atoms with van der Waals surface area (Å²) >= 11 is 0. The van der Waals surface area contributed by atoms with E-state index in [1.807, 2.05) is 24.3 Å². The average molecular weight is 369 g/mol. The van der Waals surface area contributed by atoms with E-state index in [9.17, 15) is 9.59 Å². The summed E-state index contributed by atoms with van der Waals surface area (Å²) in [6.07, 6.45) is 2.43. The molecule has 0 atom stereocenters. The molecule has 1 aliphatic rings. The lowest BCUT2D eigenvalue weighted by Crippen LogP contribution is -2.27. The fourth-order valence-electron chi connectivity index (χ4n) is 2.67. The number of hydrogen-bond donors (Lipinski definition) is 3. The molecule has 1 heterocycles. The smallest absolute Gasteiger partial charge is 0.269 e. The van der Waals surface area contributed by atoms with Crippen molar-refractivity contribution >= 4 is 11.8 Å². The van der Waals surface area contributed by atoms with E-state index in [1.54, 1.807) is 6.07 Å². The van der Waals surface area contributed by atoms with Crippen LogP contribution in [0, 0.1) is 0 Å². The Morgan fingerprint density at radius 3 is 2.74 bits per heavy atom. The van der Waals surface area contributed by atoms with E-state index >= 15 is 0 Å². The van der Waals surface area contributed by atoms with Crippen molar-refractivity contribution in [2.24, 2.45) is 0 Å². The van der Waals surface area contributed by atoms with Gasteiger partial charge in [0.25, 0.3) is 11.8 Å². The van der Waals surface area contributed by atoms with Crippen LogP contribution in [0.2, 0.25) is 0 Å². The molecule has 0 unspecified atom stereocenters. The monoisotopic (exact) mass is 369 g/mol. The topological polar surface area (TPSA) is 101 Å². The molecule has 3 N–H and O–H groups in total. The van der Waals surface area contributed by atoms with Crippen LogP contribution in [0.5, 0.6) is 5.75 Å². The number of carbonyl (C=O) groups is 2. The normalized spacial score (nSPS) is 13.1. The molecular weight excluding hydrogens is 346 g/mol. The first kappa shape index (κ1) is 18.8. The lowest BCUT2D eigenvalue weighted by atomic mass is 10.1. The highest BCUT2D eigenvalue weighted by molar-refractivity contribution is 5.98. The maximum Gasteiger partial charge on any atom is 0.269 e. The fourth-order valence-corrected chi connectivity index (χ4v) is 2.67. The molecule has 0 spiro atoms. The van der Waals surface area contributed by atoms with Gasteiger partial charge in [-0.25, -0.2) is 4.98 Å². The quantitative estimate of drug-likeness (QED) is 0.651. The Morgan fingerprint density at radius 2 is 2.04 bits per heavy atom. The van der Waals surface area contributed by atoms with Crippen LogP contribution in [0.25, 0.3) is 0 Å². The van der Waals surface area contributed by atoms with Crippen LogP contribution in [-0.2, 0) is 6.42 Å². The Bertz CT molecular complexity index is 834. The number of carbonyl (C=O) groups excluding carboxylic acids is 2. The molecule has 0 bridgehead atoms. The van der Waals surface area contributed by atoms with Gasteiger partial charge in [0.2, 0.25) is 0 Å². The Balaban J connectivity index is 1.84. The minimum Gasteiger partial charge on any atom is -0.491 e. The Labute approximate surface area is 157 Å². The summed E-state index contributed by atoms with van der Waals surface area (Å²) in [7, 11) is 1.53. The maximum absolute atomic E-state index is 12.4. The van der Waals surface area contributed by atoms with Crippen LogP contribution in [-0.4, -0.2) is 48.2 Å². The van der Waals surface area contributed by atoms with Gasteiger partial charge in [-0.2, -0.15) is 0 Å². The number of rotatable bonds is 8. The first-order valence-corrected chi connectivity index (χ1v) is 8.95. The standard InChI is InChI=1S/C20H23N3O4/c1-21-20(26)18-12-14(19(25)23-15-5-6-15)11-16(22-18)9-13-3-2-4-17(10-13)27-8-7-24/h2-4,10-12,15,24H,5-9H2,1H3,(H,21,26)(H,23,25). The van der Waals surface area contributed by atoms with Gasteiger partial charge in [-0.05, 0) is 42.7 Å². The van der Waals surface area contributed by atoms with E-state index in [-0.39, 0.29) is 36.8 Å². The van der Waals surface area contributed by atoms with E-state index < -0.39 is 0 Å². The van der Waals surface area contributed by atoms with Crippen LogP contribution >= 0.6 is 0 Å². The molecule has 1 aliphatic carbocycles. The second-order valence-electron chi connectivity index (χ2n) is 6.46. The molecule has 7 heteroatoms. The lowest BCUT2D eigenvalue weighted by Gasteiger charge is -2.10. The number of benzene rings is 1. The van der Waals surface area contributed by atoms with Crippen LogP contribution < -0.4 is 15.4 Å². The molecule has 1 aromatic carbocycles. The highest BCUT2D eigenvalue weighted by atomic mass is 16.5. The van der Waals surface area contributed by atoms with Gasteiger partial charge in [-0.15, -0.1) is 0 Å². The molecule has 0 radical (unpaired) electrons. The number of pyridine rings is 1. The van der Waals surface area contributed by atoms with Gasteiger partial charge in [-0.3, -0.25) is 9.59 Å². The van der Waals surface area contributed by atoms with Crippen molar-refractivity contribution in [3.63, 3.8) is 0 Å². The van der Waals surface area contributed by atoms with Crippen molar-refractivity contribution in [2.45, 2.75) is 25.3 Å². The maximum atomic E-state index is 12.4. The van der Waals surface area contributed by atoms with Gasteiger partial charge in [-0.1, -0.05) is 12.1 Å². The Morgan fingerprint density at radius 1 is 1.22 bits per heavy atom. The van der Waals surface area contributed by atoms with E-state index in [4.69, 9.17) is 9.84 Å². The summed E-state index contributed by atoms with van der Waals surface area (Å²) in [6, 6.07) is 10.9. The minimum atomic E-state index is -0.336. The number of nitrogens with one attached hydrogen (secondary N) is 2. The number of aliphatic hydroxyl groups excluding tert-OH is 1. The zero-order valence-corrected chi connectivity index (χ0v) is 15.2. The Hall–Kier alpha value is -2.93. The van der Waals surface area contributed by atoms with Crippen LogP contribution in [0.4, 0.5) is 0 Å². The van der Waals surface area contributed by atoms with Crippen LogP contribution in [0.15, 0.2) is 36.4 Å². The third-order valence-electron chi connectivity index (χ3n) is 4.16. The predicted octanol–water partition coefficient (Wildman–Crippen LogP) is 1.30. The second-order valence-corrected chi connectivity index (χ2v) is 6.46. The van der Waals surface area contributed by atoms with Crippen molar-refractivity contribution in [1.29, 1.82) is 0 Å². The van der Waals surface area contributed by atoms with Crippen molar-refractivity contribution in [2.75, 3.05) is 20.3 Å². The molecule has 0 saturated heterocycles. The van der Waals surface area contributed by atoms with Gasteiger partial charge < -0.3 is 20.5 Å². The van der Waals surface area contributed by atoms with Crippen molar-refractivity contribution < 1.29 is 19.4 Å². The molecule has 1 saturated carbocycles. The van der Waals surface area contributed by atoms with Crippen molar-refractivity contribution in [1.82, 2.24) is 15.6 Å². The van der Waals surface area contributed by atoms with E-state index in [2.05, 4.69) is 15.6 Å². The summed E-state index contributed by atoms with van der Waals surface area (Å²) in [5, 5.41) is 14.4. The van der Waals surface area contributed by atoms with Gasteiger partial charge in [0, 0.05) is 30.8 Å². The zero-order chi connectivity index (χ0) is 19.2. The molecule has 0 aliphatic heterocycles. The third kappa shape index (κ3) is 5.27. The van der Waals surface area contributed by atoms with Gasteiger partial charge in [0.15, 0.2) is 0 Å². The highest BCUT2D eigenvalue weighted by Gasteiger charge is 2.24. The zero-order valence-electron chi connectivity index (χ0n) is 15.2. The molecule has 1 fully saturated rings. The molecule has 142 valence electrons. The number of amides is 2. The Kier molecular flexibility index (Phi) is 6.03. The first-order chi connectivity index (χ1) is 13.1. The highest BCUT2D eigenvalue weighted by Crippen LogP contribution is 2.20. The average Bonchev–Trinajstić information content (AvgIpc) is 3.49. The van der Waals surface area contributed by atoms with E-state index in [0.29, 0.717) is 23.4 Å². The molecule has 3 rings (SSSR count). The summed E-state index contributed by atoms with van der Waals surface area (Å²) in [4.78, 5) is 28.9. The predicted molar refractivity (Wildman–Crippen MR) is 99.9 cm³/mol. The number of nitrogens with zero attached hydrogens (tertiary/aromatic N) is 1. The number of hydrogen-bond acceptors (Lipinski definition) is 5.